The molecule has 2 heterocycles. The second-order valence-electron chi connectivity index (χ2n) is 2.89. The predicted molar refractivity (Wildman–Crippen MR) is 46.9 cm³/mol. The largest absolute Gasteiger partial charge is 0.473 e. The van der Waals surface area contributed by atoms with Gasteiger partial charge >= 0.3 is 0 Å². The van der Waals surface area contributed by atoms with Crippen molar-refractivity contribution in [2.45, 2.75) is 0 Å². The van der Waals surface area contributed by atoms with Gasteiger partial charge in [0, 0.05) is 17.0 Å². The summed E-state index contributed by atoms with van der Waals surface area (Å²) in [6, 6.07) is 0. The third-order valence-corrected chi connectivity index (χ3v) is 2.20. The van der Waals surface area contributed by atoms with E-state index in [0.717, 1.165) is 11.1 Å². The molecule has 0 radical (unpaired) electrons. The number of nitrogens with zero attached hydrogens (tertiary/aromatic N) is 1. The van der Waals surface area contributed by atoms with E-state index in [0.29, 0.717) is 6.61 Å². The Hall–Kier alpha value is -1.57. The van der Waals surface area contributed by atoms with Gasteiger partial charge in [-0.25, -0.2) is 4.98 Å². The summed E-state index contributed by atoms with van der Waals surface area (Å²) >= 11 is 0. The smallest absolute Gasteiger partial charge is 0.221 e. The third-order valence-electron chi connectivity index (χ3n) is 2.20. The molecule has 3 rings (SSSR count). The lowest BCUT2D eigenvalue weighted by Crippen LogP contribution is -2.25. The van der Waals surface area contributed by atoms with Crippen molar-refractivity contribution in [1.82, 2.24) is 4.98 Å². The average molecular weight is 157 g/mol. The molecule has 0 atom stereocenters. The highest BCUT2D eigenvalue weighted by Crippen LogP contribution is 2.05. The van der Waals surface area contributed by atoms with E-state index in [-0.39, 0.29) is 0 Å². The first-order valence-corrected chi connectivity index (χ1v) is 3.95. The Bertz CT molecular complexity index is 485. The quantitative estimate of drug-likeness (QED) is 0.531. The molecule has 1 aromatic rings. The summed E-state index contributed by atoms with van der Waals surface area (Å²) in [5.74, 6) is 0.772. The molecule has 1 aliphatic heterocycles. The SMILES string of the molecule is C1=Cc2cnc3c(c2=C1)=CCO3. The maximum absolute atomic E-state index is 5.31. The number of aromatic nitrogens is 1. The van der Waals surface area contributed by atoms with Crippen LogP contribution in [-0.4, -0.2) is 11.6 Å². The normalized spacial score (nSPS) is 16.0. The van der Waals surface area contributed by atoms with Crippen molar-refractivity contribution < 1.29 is 4.74 Å². The highest BCUT2D eigenvalue weighted by Gasteiger charge is 2.08. The van der Waals surface area contributed by atoms with Crippen molar-refractivity contribution in [3.8, 4) is 5.88 Å². The molecule has 0 saturated carbocycles. The Kier molecular flexibility index (Phi) is 0.987. The lowest BCUT2D eigenvalue weighted by molar-refractivity contribution is 0.370. The lowest BCUT2D eigenvalue weighted by atomic mass is 10.2. The Morgan fingerprint density at radius 2 is 2.33 bits per heavy atom. The van der Waals surface area contributed by atoms with Crippen molar-refractivity contribution in [2.75, 3.05) is 6.61 Å². The van der Waals surface area contributed by atoms with E-state index >= 15 is 0 Å². The van der Waals surface area contributed by atoms with Crippen LogP contribution in [0.2, 0.25) is 0 Å². The van der Waals surface area contributed by atoms with Crippen molar-refractivity contribution in [3.63, 3.8) is 0 Å². The Morgan fingerprint density at radius 1 is 1.33 bits per heavy atom. The molecule has 0 bridgehead atoms. The summed E-state index contributed by atoms with van der Waals surface area (Å²) in [5, 5.41) is 2.40. The number of ether oxygens (including phenoxy) is 1. The minimum atomic E-state index is 0.659. The molecule has 0 saturated heterocycles. The van der Waals surface area contributed by atoms with Crippen LogP contribution in [0.15, 0.2) is 12.3 Å². The maximum atomic E-state index is 5.31. The van der Waals surface area contributed by atoms with Gasteiger partial charge in [0.05, 0.1) is 0 Å². The molecule has 0 fully saturated rings. The number of hydrogen-bond donors (Lipinski definition) is 0. The molecule has 2 heteroatoms. The van der Waals surface area contributed by atoms with Crippen LogP contribution in [0.5, 0.6) is 5.88 Å². The second-order valence-corrected chi connectivity index (χ2v) is 2.89. The third kappa shape index (κ3) is 0.619. The molecular formula is C10H7NO. The van der Waals surface area contributed by atoms with Gasteiger partial charge in [0.15, 0.2) is 0 Å². The van der Waals surface area contributed by atoms with Crippen LogP contribution >= 0.6 is 0 Å². The van der Waals surface area contributed by atoms with Gasteiger partial charge in [0.25, 0.3) is 0 Å². The first-order chi connectivity index (χ1) is 5.95. The van der Waals surface area contributed by atoms with E-state index < -0.39 is 0 Å². The molecule has 2 nitrogen and oxygen atoms in total. The summed E-state index contributed by atoms with van der Waals surface area (Å²) in [6.07, 6.45) is 10.1. The monoisotopic (exact) mass is 157 g/mol. The molecule has 58 valence electrons. The highest BCUT2D eigenvalue weighted by atomic mass is 16.5. The first-order valence-electron chi connectivity index (χ1n) is 3.95. The zero-order chi connectivity index (χ0) is 7.97. The van der Waals surface area contributed by atoms with Gasteiger partial charge in [-0.1, -0.05) is 18.2 Å². The average Bonchev–Trinajstić information content (AvgIpc) is 2.71. The number of hydrogen-bond acceptors (Lipinski definition) is 2. The van der Waals surface area contributed by atoms with E-state index in [1.54, 1.807) is 0 Å². The second kappa shape index (κ2) is 1.97. The van der Waals surface area contributed by atoms with Gasteiger partial charge in [-0.2, -0.15) is 0 Å². The van der Waals surface area contributed by atoms with Gasteiger partial charge in [0.1, 0.15) is 6.61 Å². The van der Waals surface area contributed by atoms with Crippen molar-refractivity contribution in [2.24, 2.45) is 0 Å². The van der Waals surface area contributed by atoms with Crippen molar-refractivity contribution >= 4 is 18.2 Å². The zero-order valence-corrected chi connectivity index (χ0v) is 6.45. The molecule has 1 aliphatic carbocycles. The number of fused-ring (bicyclic) bond motifs is 3. The fourth-order valence-corrected chi connectivity index (χ4v) is 1.62. The molecule has 0 amide bonds. The van der Waals surface area contributed by atoms with Gasteiger partial charge in [-0.3, -0.25) is 0 Å². The molecule has 2 aliphatic rings. The molecule has 0 N–H and O–H groups in total. The number of allylic oxidation sites excluding steroid dienone is 1. The first kappa shape index (κ1) is 6.00. The van der Waals surface area contributed by atoms with Gasteiger partial charge in [0.2, 0.25) is 5.88 Å². The molecule has 0 aromatic carbocycles. The fraction of sp³-hybridized carbons (Fsp3) is 0.100. The zero-order valence-electron chi connectivity index (χ0n) is 6.45. The topological polar surface area (TPSA) is 22.1 Å². The van der Waals surface area contributed by atoms with E-state index in [4.69, 9.17) is 4.74 Å². The Balaban J connectivity index is 2.54. The minimum Gasteiger partial charge on any atom is -0.473 e. The number of pyridine rings is 1. The van der Waals surface area contributed by atoms with E-state index in [1.807, 2.05) is 12.3 Å². The standard InChI is InChI=1S/C10H7NO/c1-2-7-6-11-10-9(4-5-12-10)8(7)3-1/h1-4,6H,5H2. The lowest BCUT2D eigenvalue weighted by Gasteiger charge is -1.96. The minimum absolute atomic E-state index is 0.659. The van der Waals surface area contributed by atoms with Crippen LogP contribution in [0.1, 0.15) is 5.56 Å². The molecule has 1 aromatic heterocycles. The van der Waals surface area contributed by atoms with E-state index in [2.05, 4.69) is 23.2 Å². The van der Waals surface area contributed by atoms with Gasteiger partial charge < -0.3 is 4.74 Å². The summed E-state index contributed by atoms with van der Waals surface area (Å²) in [7, 11) is 0. The number of rotatable bonds is 0. The maximum Gasteiger partial charge on any atom is 0.221 e. The predicted octanol–water partition coefficient (Wildman–Crippen LogP) is 0.0618. The van der Waals surface area contributed by atoms with E-state index in [9.17, 15) is 0 Å². The Morgan fingerprint density at radius 3 is 3.33 bits per heavy atom. The molecule has 12 heavy (non-hydrogen) atoms. The summed E-state index contributed by atoms with van der Waals surface area (Å²) in [5.41, 5.74) is 1.19. The fourth-order valence-electron chi connectivity index (χ4n) is 1.62. The highest BCUT2D eigenvalue weighted by molar-refractivity contribution is 5.67. The summed E-state index contributed by atoms with van der Waals surface area (Å²) in [4.78, 5) is 4.21. The van der Waals surface area contributed by atoms with E-state index in [1.165, 1.54) is 10.8 Å². The summed E-state index contributed by atoms with van der Waals surface area (Å²) in [6.45, 7) is 0.659. The van der Waals surface area contributed by atoms with Gasteiger partial charge in [-0.15, -0.1) is 0 Å². The van der Waals surface area contributed by atoms with Crippen LogP contribution in [0.25, 0.3) is 18.2 Å². The molecule has 0 spiro atoms. The molecule has 0 unspecified atom stereocenters. The van der Waals surface area contributed by atoms with Crippen LogP contribution in [0.4, 0.5) is 0 Å². The van der Waals surface area contributed by atoms with Crippen LogP contribution in [0, 0.1) is 0 Å². The van der Waals surface area contributed by atoms with Crippen LogP contribution in [-0.2, 0) is 0 Å². The Labute approximate surface area is 69.5 Å². The molecular weight excluding hydrogens is 150 g/mol. The summed E-state index contributed by atoms with van der Waals surface area (Å²) < 4.78 is 5.31. The van der Waals surface area contributed by atoms with Gasteiger partial charge in [-0.05, 0) is 11.3 Å². The van der Waals surface area contributed by atoms with Crippen molar-refractivity contribution in [3.05, 3.63) is 28.3 Å². The van der Waals surface area contributed by atoms with Crippen LogP contribution < -0.4 is 15.2 Å². The van der Waals surface area contributed by atoms with Crippen LogP contribution in [0.3, 0.4) is 0 Å². The van der Waals surface area contributed by atoms with Crippen molar-refractivity contribution in [1.29, 1.82) is 0 Å².